The maximum Gasteiger partial charge on any atom is 0.166 e. The standard InChI is InChI=1S/C13H13N5O/c1-19-12-3-2-9(6-11(12)15)8-16-13-10(7-14)4-5-17-18-13/h2-6H,8,15H2,1H3,(H,16,18). The minimum atomic E-state index is 0.455. The maximum atomic E-state index is 8.93. The Bertz CT molecular complexity index is 621. The molecule has 0 aliphatic heterocycles. The van der Waals surface area contributed by atoms with Crippen molar-refractivity contribution in [3.05, 3.63) is 41.6 Å². The van der Waals surface area contributed by atoms with E-state index in [4.69, 9.17) is 15.7 Å². The third-order valence-corrected chi connectivity index (χ3v) is 2.60. The van der Waals surface area contributed by atoms with Crippen LogP contribution in [-0.4, -0.2) is 17.3 Å². The van der Waals surface area contributed by atoms with Gasteiger partial charge in [0, 0.05) is 6.54 Å². The highest BCUT2D eigenvalue weighted by Crippen LogP contribution is 2.22. The molecule has 1 aromatic carbocycles. The molecule has 0 atom stereocenters. The summed E-state index contributed by atoms with van der Waals surface area (Å²) in [7, 11) is 1.57. The van der Waals surface area contributed by atoms with E-state index in [9.17, 15) is 0 Å². The van der Waals surface area contributed by atoms with Gasteiger partial charge in [-0.25, -0.2) is 0 Å². The van der Waals surface area contributed by atoms with Gasteiger partial charge in [0.25, 0.3) is 0 Å². The lowest BCUT2D eigenvalue weighted by Crippen LogP contribution is -2.05. The molecule has 2 aromatic rings. The maximum absolute atomic E-state index is 8.93. The summed E-state index contributed by atoms with van der Waals surface area (Å²) >= 11 is 0. The van der Waals surface area contributed by atoms with Crippen molar-refractivity contribution in [2.45, 2.75) is 6.54 Å². The summed E-state index contributed by atoms with van der Waals surface area (Å²) in [4.78, 5) is 0. The summed E-state index contributed by atoms with van der Waals surface area (Å²) in [6.45, 7) is 0.502. The predicted octanol–water partition coefficient (Wildman–Crippen LogP) is 1.55. The predicted molar refractivity (Wildman–Crippen MR) is 71.5 cm³/mol. The van der Waals surface area contributed by atoms with Crippen LogP contribution >= 0.6 is 0 Å². The Hall–Kier alpha value is -2.81. The van der Waals surface area contributed by atoms with Gasteiger partial charge < -0.3 is 15.8 Å². The summed E-state index contributed by atoms with van der Waals surface area (Å²) in [6.07, 6.45) is 1.48. The van der Waals surface area contributed by atoms with E-state index in [-0.39, 0.29) is 0 Å². The van der Waals surface area contributed by atoms with Crippen LogP contribution in [0.4, 0.5) is 11.5 Å². The van der Waals surface area contributed by atoms with Gasteiger partial charge in [0.05, 0.1) is 24.6 Å². The number of nitriles is 1. The van der Waals surface area contributed by atoms with E-state index >= 15 is 0 Å². The van der Waals surface area contributed by atoms with Gasteiger partial charge in [-0.2, -0.15) is 10.4 Å². The van der Waals surface area contributed by atoms with Crippen LogP contribution in [0.25, 0.3) is 0 Å². The molecule has 0 radical (unpaired) electrons. The van der Waals surface area contributed by atoms with Crippen LogP contribution in [0.2, 0.25) is 0 Å². The average Bonchev–Trinajstić information content (AvgIpc) is 2.45. The van der Waals surface area contributed by atoms with Crippen molar-refractivity contribution in [2.24, 2.45) is 0 Å². The molecule has 1 heterocycles. The third-order valence-electron chi connectivity index (χ3n) is 2.60. The Balaban J connectivity index is 2.11. The van der Waals surface area contributed by atoms with Crippen molar-refractivity contribution in [3.8, 4) is 11.8 Å². The monoisotopic (exact) mass is 255 g/mol. The lowest BCUT2D eigenvalue weighted by atomic mass is 10.2. The molecule has 6 nitrogen and oxygen atoms in total. The molecule has 2 rings (SSSR count). The number of rotatable bonds is 4. The number of aromatic nitrogens is 2. The van der Waals surface area contributed by atoms with E-state index < -0.39 is 0 Å². The summed E-state index contributed by atoms with van der Waals surface area (Å²) in [5.41, 5.74) is 7.82. The van der Waals surface area contributed by atoms with Gasteiger partial charge in [-0.15, -0.1) is 5.10 Å². The van der Waals surface area contributed by atoms with E-state index in [0.29, 0.717) is 29.4 Å². The number of hydrogen-bond acceptors (Lipinski definition) is 6. The number of methoxy groups -OCH3 is 1. The molecule has 0 amide bonds. The van der Waals surface area contributed by atoms with Gasteiger partial charge in [-0.3, -0.25) is 0 Å². The molecule has 0 saturated carbocycles. The molecular formula is C13H13N5O. The number of ether oxygens (including phenoxy) is 1. The molecule has 6 heteroatoms. The zero-order chi connectivity index (χ0) is 13.7. The fraction of sp³-hybridized carbons (Fsp3) is 0.154. The molecule has 19 heavy (non-hydrogen) atoms. The second-order valence-electron chi connectivity index (χ2n) is 3.84. The van der Waals surface area contributed by atoms with E-state index in [1.54, 1.807) is 19.2 Å². The number of nitrogen functional groups attached to an aromatic ring is 1. The Morgan fingerprint density at radius 1 is 1.42 bits per heavy atom. The first-order valence-electron chi connectivity index (χ1n) is 5.62. The Morgan fingerprint density at radius 3 is 2.95 bits per heavy atom. The minimum absolute atomic E-state index is 0.455. The lowest BCUT2D eigenvalue weighted by Gasteiger charge is -2.09. The molecule has 96 valence electrons. The number of hydrogen-bond donors (Lipinski definition) is 2. The highest BCUT2D eigenvalue weighted by Gasteiger charge is 2.04. The number of anilines is 2. The topological polar surface area (TPSA) is 96.8 Å². The Kier molecular flexibility index (Phi) is 3.78. The lowest BCUT2D eigenvalue weighted by molar-refractivity contribution is 0.417. The number of nitrogens with two attached hydrogens (primary N) is 1. The van der Waals surface area contributed by atoms with Crippen LogP contribution in [-0.2, 0) is 6.54 Å². The summed E-state index contributed by atoms with van der Waals surface area (Å²) in [5.74, 6) is 1.10. The summed E-state index contributed by atoms with van der Waals surface area (Å²) in [5, 5.41) is 19.6. The largest absolute Gasteiger partial charge is 0.495 e. The van der Waals surface area contributed by atoms with E-state index in [0.717, 1.165) is 5.56 Å². The van der Waals surface area contributed by atoms with Gasteiger partial charge in [0.2, 0.25) is 0 Å². The molecule has 0 fully saturated rings. The van der Waals surface area contributed by atoms with Crippen molar-refractivity contribution in [2.75, 3.05) is 18.2 Å². The normalized spacial score (nSPS) is 9.68. The van der Waals surface area contributed by atoms with Crippen LogP contribution in [0.5, 0.6) is 5.75 Å². The molecule has 0 bridgehead atoms. The van der Waals surface area contributed by atoms with Gasteiger partial charge >= 0.3 is 0 Å². The molecule has 0 aliphatic carbocycles. The highest BCUT2D eigenvalue weighted by atomic mass is 16.5. The Labute approximate surface area is 110 Å². The number of nitrogens with one attached hydrogen (secondary N) is 1. The SMILES string of the molecule is COc1ccc(CNc2nnccc2C#N)cc1N. The summed E-state index contributed by atoms with van der Waals surface area (Å²) in [6, 6.07) is 9.17. The zero-order valence-electron chi connectivity index (χ0n) is 10.4. The van der Waals surface area contributed by atoms with Crippen molar-refractivity contribution in [3.63, 3.8) is 0 Å². The second-order valence-corrected chi connectivity index (χ2v) is 3.84. The Morgan fingerprint density at radius 2 is 2.26 bits per heavy atom. The summed E-state index contributed by atoms with van der Waals surface area (Å²) < 4.78 is 5.09. The average molecular weight is 255 g/mol. The highest BCUT2D eigenvalue weighted by molar-refractivity contribution is 5.55. The van der Waals surface area contributed by atoms with Crippen molar-refractivity contribution in [1.29, 1.82) is 5.26 Å². The number of nitrogens with zero attached hydrogens (tertiary/aromatic N) is 3. The fourth-order valence-corrected chi connectivity index (χ4v) is 1.63. The number of benzene rings is 1. The zero-order valence-corrected chi connectivity index (χ0v) is 10.4. The molecule has 0 spiro atoms. The first-order chi connectivity index (χ1) is 9.24. The molecule has 0 saturated heterocycles. The van der Waals surface area contributed by atoms with Gasteiger partial charge in [-0.1, -0.05) is 6.07 Å². The van der Waals surface area contributed by atoms with E-state index in [1.165, 1.54) is 6.20 Å². The van der Waals surface area contributed by atoms with Crippen molar-refractivity contribution >= 4 is 11.5 Å². The van der Waals surface area contributed by atoms with Crippen LogP contribution in [0, 0.1) is 11.3 Å². The molecule has 3 N–H and O–H groups in total. The van der Waals surface area contributed by atoms with Crippen molar-refractivity contribution in [1.82, 2.24) is 10.2 Å². The fourth-order valence-electron chi connectivity index (χ4n) is 1.63. The quantitative estimate of drug-likeness (QED) is 0.804. The third kappa shape index (κ3) is 2.90. The molecular weight excluding hydrogens is 242 g/mol. The van der Waals surface area contributed by atoms with E-state index in [2.05, 4.69) is 21.6 Å². The smallest absolute Gasteiger partial charge is 0.166 e. The molecule has 1 aromatic heterocycles. The minimum Gasteiger partial charge on any atom is -0.495 e. The molecule has 0 unspecified atom stereocenters. The van der Waals surface area contributed by atoms with E-state index in [1.807, 2.05) is 12.1 Å². The second kappa shape index (κ2) is 5.69. The van der Waals surface area contributed by atoms with Crippen molar-refractivity contribution < 1.29 is 4.74 Å². The van der Waals surface area contributed by atoms with Crippen LogP contribution < -0.4 is 15.8 Å². The first kappa shape index (κ1) is 12.6. The first-order valence-corrected chi connectivity index (χ1v) is 5.62. The van der Waals surface area contributed by atoms with Crippen LogP contribution in [0.15, 0.2) is 30.5 Å². The van der Waals surface area contributed by atoms with Gasteiger partial charge in [-0.05, 0) is 23.8 Å². The van der Waals surface area contributed by atoms with Gasteiger partial charge in [0.1, 0.15) is 11.8 Å². The molecule has 0 aliphatic rings. The van der Waals surface area contributed by atoms with Crippen LogP contribution in [0.1, 0.15) is 11.1 Å². The van der Waals surface area contributed by atoms with Gasteiger partial charge in [0.15, 0.2) is 5.82 Å². The van der Waals surface area contributed by atoms with Crippen LogP contribution in [0.3, 0.4) is 0 Å².